The number of nitrogens with zero attached hydrogens (tertiary/aromatic N) is 1. The van der Waals surface area contributed by atoms with Crippen LogP contribution < -0.4 is 10.6 Å². The highest BCUT2D eigenvalue weighted by molar-refractivity contribution is 5.95. The maximum atomic E-state index is 4.52. The van der Waals surface area contributed by atoms with E-state index in [1.165, 1.54) is 11.3 Å². The van der Waals surface area contributed by atoms with Crippen molar-refractivity contribution >= 4 is 11.6 Å². The largest absolute Gasteiger partial charge is 0.356 e. The molecule has 1 unspecified atom stereocenters. The number of fused-ring (bicyclic) bond motifs is 1. The smallest absolute Gasteiger partial charge is 0.196 e. The molecule has 1 aromatic carbocycles. The van der Waals surface area contributed by atoms with Gasteiger partial charge in [0.05, 0.1) is 6.54 Å². The van der Waals surface area contributed by atoms with Gasteiger partial charge in [0, 0.05) is 12.2 Å². The Morgan fingerprint density at radius 3 is 2.78 bits per heavy atom. The molecule has 1 aromatic rings. The van der Waals surface area contributed by atoms with Gasteiger partial charge >= 0.3 is 0 Å². The second kappa shape index (κ2) is 5.01. The SMILES string of the molecule is CC(CNC1=NCc2ccccc2N1)C(C)(C)C. The molecule has 98 valence electrons. The minimum Gasteiger partial charge on any atom is -0.356 e. The molecule has 3 heteroatoms. The second-order valence-electron chi connectivity index (χ2n) is 6.09. The topological polar surface area (TPSA) is 36.4 Å². The molecular formula is C15H23N3. The van der Waals surface area contributed by atoms with Crippen molar-refractivity contribution < 1.29 is 0 Å². The Kier molecular flexibility index (Phi) is 3.60. The van der Waals surface area contributed by atoms with Gasteiger partial charge in [0.2, 0.25) is 0 Å². The summed E-state index contributed by atoms with van der Waals surface area (Å²) in [6.45, 7) is 10.8. The van der Waals surface area contributed by atoms with Crippen LogP contribution in [0.1, 0.15) is 33.3 Å². The molecule has 18 heavy (non-hydrogen) atoms. The number of hydrogen-bond acceptors (Lipinski definition) is 3. The monoisotopic (exact) mass is 245 g/mol. The number of hydrogen-bond donors (Lipinski definition) is 2. The molecule has 2 N–H and O–H groups in total. The van der Waals surface area contributed by atoms with Gasteiger partial charge in [-0.1, -0.05) is 45.9 Å². The van der Waals surface area contributed by atoms with Crippen LogP contribution >= 0.6 is 0 Å². The van der Waals surface area contributed by atoms with Crippen LogP contribution in [0.25, 0.3) is 0 Å². The van der Waals surface area contributed by atoms with E-state index in [0.717, 1.165) is 19.0 Å². The normalized spacial score (nSPS) is 16.3. The van der Waals surface area contributed by atoms with Crippen LogP contribution in [0.4, 0.5) is 5.69 Å². The molecule has 0 spiro atoms. The molecule has 1 aliphatic rings. The van der Waals surface area contributed by atoms with Crippen LogP contribution in [-0.2, 0) is 6.54 Å². The zero-order valence-corrected chi connectivity index (χ0v) is 11.7. The van der Waals surface area contributed by atoms with Crippen LogP contribution in [0.5, 0.6) is 0 Å². The van der Waals surface area contributed by atoms with Crippen LogP contribution in [0, 0.1) is 11.3 Å². The molecule has 0 saturated carbocycles. The van der Waals surface area contributed by atoms with Crippen molar-refractivity contribution in [2.24, 2.45) is 16.3 Å². The third kappa shape index (κ3) is 3.03. The number of para-hydroxylation sites is 1. The summed E-state index contributed by atoms with van der Waals surface area (Å²) in [4.78, 5) is 4.52. The first-order valence-corrected chi connectivity index (χ1v) is 6.60. The fourth-order valence-corrected chi connectivity index (χ4v) is 1.77. The lowest BCUT2D eigenvalue weighted by molar-refractivity contribution is 0.262. The third-order valence-corrected chi connectivity index (χ3v) is 3.73. The molecule has 0 aromatic heterocycles. The summed E-state index contributed by atoms with van der Waals surface area (Å²) in [6, 6.07) is 8.31. The zero-order chi connectivity index (χ0) is 13.2. The highest BCUT2D eigenvalue weighted by atomic mass is 15.2. The van der Waals surface area contributed by atoms with E-state index < -0.39 is 0 Å². The van der Waals surface area contributed by atoms with E-state index in [-0.39, 0.29) is 0 Å². The Morgan fingerprint density at radius 1 is 1.33 bits per heavy atom. The molecule has 2 rings (SSSR count). The number of benzene rings is 1. The van der Waals surface area contributed by atoms with E-state index in [4.69, 9.17) is 0 Å². The Hall–Kier alpha value is -1.51. The number of aliphatic imine (C=N–C) groups is 1. The summed E-state index contributed by atoms with van der Waals surface area (Å²) < 4.78 is 0. The van der Waals surface area contributed by atoms with E-state index in [2.05, 4.69) is 61.5 Å². The summed E-state index contributed by atoms with van der Waals surface area (Å²) in [5.74, 6) is 1.49. The molecule has 0 aliphatic carbocycles. The van der Waals surface area contributed by atoms with Gasteiger partial charge in [-0.25, -0.2) is 4.99 Å². The molecule has 1 atom stereocenters. The van der Waals surface area contributed by atoms with Crippen molar-refractivity contribution in [2.45, 2.75) is 34.2 Å². The molecular weight excluding hydrogens is 222 g/mol. The van der Waals surface area contributed by atoms with Crippen molar-refractivity contribution in [3.05, 3.63) is 29.8 Å². The maximum absolute atomic E-state index is 4.52. The van der Waals surface area contributed by atoms with Gasteiger partial charge in [0.1, 0.15) is 0 Å². The van der Waals surface area contributed by atoms with E-state index in [1.807, 2.05) is 6.07 Å². The average molecular weight is 245 g/mol. The van der Waals surface area contributed by atoms with Crippen molar-refractivity contribution in [1.29, 1.82) is 0 Å². The minimum absolute atomic E-state index is 0.320. The van der Waals surface area contributed by atoms with Crippen LogP contribution in [0.15, 0.2) is 29.3 Å². The average Bonchev–Trinajstić information content (AvgIpc) is 2.34. The molecule has 1 aliphatic heterocycles. The van der Waals surface area contributed by atoms with Gasteiger partial charge in [0.15, 0.2) is 5.96 Å². The van der Waals surface area contributed by atoms with Crippen LogP contribution in [0.3, 0.4) is 0 Å². The fraction of sp³-hybridized carbons (Fsp3) is 0.533. The van der Waals surface area contributed by atoms with Gasteiger partial charge in [-0.15, -0.1) is 0 Å². The molecule has 0 amide bonds. The Bertz CT molecular complexity index is 443. The van der Waals surface area contributed by atoms with Crippen molar-refractivity contribution in [1.82, 2.24) is 5.32 Å². The van der Waals surface area contributed by atoms with Crippen LogP contribution in [-0.4, -0.2) is 12.5 Å². The van der Waals surface area contributed by atoms with Crippen molar-refractivity contribution in [3.8, 4) is 0 Å². The minimum atomic E-state index is 0.320. The van der Waals surface area contributed by atoms with Gasteiger partial charge in [-0.05, 0) is 23.0 Å². The van der Waals surface area contributed by atoms with Crippen molar-refractivity contribution in [3.63, 3.8) is 0 Å². The van der Waals surface area contributed by atoms with Gasteiger partial charge in [0.25, 0.3) is 0 Å². The molecule has 0 fully saturated rings. The lowest BCUT2D eigenvalue weighted by Crippen LogP contribution is -2.38. The number of nitrogens with one attached hydrogen (secondary N) is 2. The third-order valence-electron chi connectivity index (χ3n) is 3.73. The summed E-state index contributed by atoms with van der Waals surface area (Å²) in [5.41, 5.74) is 2.74. The first-order valence-electron chi connectivity index (χ1n) is 6.60. The van der Waals surface area contributed by atoms with E-state index in [9.17, 15) is 0 Å². The first-order chi connectivity index (χ1) is 8.47. The fourth-order valence-electron chi connectivity index (χ4n) is 1.77. The van der Waals surface area contributed by atoms with Gasteiger partial charge in [-0.3, -0.25) is 0 Å². The summed E-state index contributed by atoms with van der Waals surface area (Å²) >= 11 is 0. The number of rotatable bonds is 2. The predicted octanol–water partition coefficient (Wildman–Crippen LogP) is 3.24. The Balaban J connectivity index is 1.92. The molecule has 3 nitrogen and oxygen atoms in total. The standard InChI is InChI=1S/C15H23N3/c1-11(15(2,3)4)9-16-14-17-10-12-7-5-6-8-13(12)18-14/h5-8,11H,9-10H2,1-4H3,(H2,16,17,18). The van der Waals surface area contributed by atoms with E-state index in [1.54, 1.807) is 0 Å². The zero-order valence-electron chi connectivity index (χ0n) is 11.7. The van der Waals surface area contributed by atoms with E-state index in [0.29, 0.717) is 11.3 Å². The quantitative estimate of drug-likeness (QED) is 0.839. The highest BCUT2D eigenvalue weighted by Gasteiger charge is 2.20. The molecule has 0 radical (unpaired) electrons. The Labute approximate surface area is 110 Å². The molecule has 0 bridgehead atoms. The predicted molar refractivity (Wildman–Crippen MR) is 77.8 cm³/mol. The lowest BCUT2D eigenvalue weighted by atomic mass is 9.82. The van der Waals surface area contributed by atoms with Gasteiger partial charge in [-0.2, -0.15) is 0 Å². The number of anilines is 1. The highest BCUT2D eigenvalue weighted by Crippen LogP contribution is 2.24. The summed E-state index contributed by atoms with van der Waals surface area (Å²) in [6.07, 6.45) is 0. The summed E-state index contributed by atoms with van der Waals surface area (Å²) in [5, 5.41) is 6.75. The Morgan fingerprint density at radius 2 is 2.06 bits per heavy atom. The first kappa shape index (κ1) is 12.9. The second-order valence-corrected chi connectivity index (χ2v) is 6.09. The van der Waals surface area contributed by atoms with Crippen molar-refractivity contribution in [2.75, 3.05) is 11.9 Å². The lowest BCUT2D eigenvalue weighted by Gasteiger charge is -2.28. The summed E-state index contributed by atoms with van der Waals surface area (Å²) in [7, 11) is 0. The number of guanidine groups is 1. The molecule has 1 heterocycles. The van der Waals surface area contributed by atoms with Crippen LogP contribution in [0.2, 0.25) is 0 Å². The molecule has 0 saturated heterocycles. The van der Waals surface area contributed by atoms with Gasteiger partial charge < -0.3 is 10.6 Å². The van der Waals surface area contributed by atoms with E-state index >= 15 is 0 Å². The maximum Gasteiger partial charge on any atom is 0.196 e.